The summed E-state index contributed by atoms with van der Waals surface area (Å²) in [5.41, 5.74) is -0.967. The molecule has 0 fully saturated rings. The molecule has 0 radical (unpaired) electrons. The molecule has 186 valence electrons. The van der Waals surface area contributed by atoms with Crippen molar-refractivity contribution in [3.8, 4) is 40.1 Å². The largest absolute Gasteiger partial charge is 0.508 e. The molecule has 3 N–H and O–H groups in total. The number of aromatic hydroxyl groups is 2. The van der Waals surface area contributed by atoms with Gasteiger partial charge in [-0.1, -0.05) is 0 Å². The van der Waals surface area contributed by atoms with Gasteiger partial charge in [-0.25, -0.2) is 4.79 Å². The lowest BCUT2D eigenvalue weighted by atomic mass is 10.1. The summed E-state index contributed by atoms with van der Waals surface area (Å²) in [6.07, 6.45) is -0.955. The van der Waals surface area contributed by atoms with Crippen molar-refractivity contribution >= 4 is 23.0 Å². The summed E-state index contributed by atoms with van der Waals surface area (Å²) < 4.78 is 26.8. The van der Waals surface area contributed by atoms with E-state index in [0.29, 0.717) is 5.56 Å². The third kappa shape index (κ3) is 5.94. The van der Waals surface area contributed by atoms with E-state index in [4.69, 9.17) is 23.4 Å². The van der Waals surface area contributed by atoms with E-state index in [-0.39, 0.29) is 39.7 Å². The highest BCUT2D eigenvalue weighted by Gasteiger charge is 2.22. The molecule has 1 aromatic heterocycles. The van der Waals surface area contributed by atoms with E-state index in [9.17, 15) is 24.6 Å². The number of carbonyl (C=O) groups is 2. The first-order valence-corrected chi connectivity index (χ1v) is 10.4. The molecule has 0 saturated carbocycles. The second-order valence-corrected chi connectivity index (χ2v) is 8.35. The van der Waals surface area contributed by atoms with Gasteiger partial charge in [0.2, 0.25) is 5.75 Å². The third-order valence-electron chi connectivity index (χ3n) is 4.53. The smallest absolute Gasteiger partial charge is 0.413 e. The summed E-state index contributed by atoms with van der Waals surface area (Å²) in [4.78, 5) is 36.6. The molecule has 0 aliphatic carbocycles. The lowest BCUT2D eigenvalue weighted by Crippen LogP contribution is -2.36. The molecule has 0 spiro atoms. The van der Waals surface area contributed by atoms with Crippen LogP contribution in [0.2, 0.25) is 0 Å². The Morgan fingerprint density at radius 2 is 1.63 bits per heavy atom. The summed E-state index contributed by atoms with van der Waals surface area (Å²) in [5, 5.41) is 21.9. The molecular weight excluding hydrogens is 462 g/mol. The Morgan fingerprint density at radius 3 is 2.20 bits per heavy atom. The number of phenolic OH excluding ortho intramolecular Hbond substituents is 2. The van der Waals surface area contributed by atoms with Crippen LogP contribution in [0.5, 0.6) is 28.7 Å². The van der Waals surface area contributed by atoms with Crippen molar-refractivity contribution in [3.63, 3.8) is 0 Å². The lowest BCUT2D eigenvalue weighted by Gasteiger charge is -2.19. The highest BCUT2D eigenvalue weighted by molar-refractivity contribution is 5.86. The van der Waals surface area contributed by atoms with Gasteiger partial charge in [0.25, 0.3) is 0 Å². The monoisotopic (exact) mass is 487 g/mol. The number of carbonyl (C=O) groups excluding carboxylic acids is 2. The maximum atomic E-state index is 12.6. The molecule has 3 aromatic rings. The molecule has 0 aliphatic heterocycles. The van der Waals surface area contributed by atoms with Gasteiger partial charge in [0.15, 0.2) is 16.9 Å². The predicted molar refractivity (Wildman–Crippen MR) is 124 cm³/mol. The van der Waals surface area contributed by atoms with Crippen molar-refractivity contribution < 1.29 is 43.2 Å². The predicted octanol–water partition coefficient (Wildman–Crippen LogP) is 3.32. The van der Waals surface area contributed by atoms with Crippen LogP contribution < -0.4 is 25.0 Å². The zero-order valence-electron chi connectivity index (χ0n) is 19.8. The number of nitrogens with one attached hydrogen (secondary N) is 1. The van der Waals surface area contributed by atoms with Crippen molar-refractivity contribution in [1.82, 2.24) is 5.32 Å². The Labute approximate surface area is 199 Å². The maximum absolute atomic E-state index is 12.6. The number of phenols is 2. The van der Waals surface area contributed by atoms with E-state index in [2.05, 4.69) is 5.32 Å². The second-order valence-electron chi connectivity index (χ2n) is 8.35. The molecule has 0 aliphatic rings. The summed E-state index contributed by atoms with van der Waals surface area (Å²) in [7, 11) is 2.66. The highest BCUT2D eigenvalue weighted by atomic mass is 16.6. The number of methoxy groups -OCH3 is 2. The quantitative estimate of drug-likeness (QED) is 0.441. The van der Waals surface area contributed by atoms with Crippen molar-refractivity contribution in [3.05, 3.63) is 40.6 Å². The van der Waals surface area contributed by atoms with E-state index in [1.807, 2.05) is 0 Å². The van der Waals surface area contributed by atoms with E-state index in [0.717, 1.165) is 12.1 Å². The third-order valence-corrected chi connectivity index (χ3v) is 4.53. The molecule has 11 nitrogen and oxygen atoms in total. The van der Waals surface area contributed by atoms with E-state index < -0.39 is 35.4 Å². The van der Waals surface area contributed by atoms with Gasteiger partial charge < -0.3 is 38.9 Å². The molecule has 35 heavy (non-hydrogen) atoms. The number of ether oxygens (including phenoxy) is 4. The molecule has 0 bridgehead atoms. The average Bonchev–Trinajstić information content (AvgIpc) is 2.75. The minimum absolute atomic E-state index is 0.0372. The fourth-order valence-electron chi connectivity index (χ4n) is 3.17. The highest BCUT2D eigenvalue weighted by Crippen LogP contribution is 2.42. The zero-order chi connectivity index (χ0) is 25.9. The molecule has 3 rings (SSSR count). The molecule has 0 saturated heterocycles. The molecule has 0 unspecified atom stereocenters. The normalized spacial score (nSPS) is 11.1. The molecule has 11 heteroatoms. The van der Waals surface area contributed by atoms with Gasteiger partial charge in [0, 0.05) is 23.8 Å². The van der Waals surface area contributed by atoms with Crippen LogP contribution in [0.15, 0.2) is 39.5 Å². The topological polar surface area (TPSA) is 154 Å². The number of benzene rings is 2. The summed E-state index contributed by atoms with van der Waals surface area (Å²) >= 11 is 0. The lowest BCUT2D eigenvalue weighted by molar-refractivity contribution is -0.153. The van der Waals surface area contributed by atoms with Crippen LogP contribution in [0, 0.1) is 0 Å². The summed E-state index contributed by atoms with van der Waals surface area (Å²) in [6.45, 7) is 4.68. The van der Waals surface area contributed by atoms with Gasteiger partial charge in [0.1, 0.15) is 40.4 Å². The summed E-state index contributed by atoms with van der Waals surface area (Å²) in [6, 6.07) is 6.25. The fraction of sp³-hybridized carbons (Fsp3) is 0.292. The molecule has 1 heterocycles. The van der Waals surface area contributed by atoms with E-state index in [1.54, 1.807) is 20.8 Å². The van der Waals surface area contributed by atoms with Gasteiger partial charge in [-0.15, -0.1) is 0 Å². The molecule has 1 amide bonds. The minimum Gasteiger partial charge on any atom is -0.508 e. The van der Waals surface area contributed by atoms with Crippen LogP contribution >= 0.6 is 0 Å². The van der Waals surface area contributed by atoms with Crippen LogP contribution in [0.4, 0.5) is 4.79 Å². The van der Waals surface area contributed by atoms with Crippen molar-refractivity contribution in [2.24, 2.45) is 0 Å². The fourth-order valence-corrected chi connectivity index (χ4v) is 3.17. The average molecular weight is 487 g/mol. The Balaban J connectivity index is 1.92. The Morgan fingerprint density at radius 1 is 1.00 bits per heavy atom. The zero-order valence-corrected chi connectivity index (χ0v) is 19.8. The Hall–Kier alpha value is -4.41. The first-order chi connectivity index (χ1) is 16.4. The van der Waals surface area contributed by atoms with Crippen molar-refractivity contribution in [2.75, 3.05) is 20.8 Å². The van der Waals surface area contributed by atoms with Crippen LogP contribution in [0.1, 0.15) is 20.8 Å². The minimum atomic E-state index is -0.955. The number of amides is 1. The molecular formula is C24H25NO10. The number of fused-ring (bicyclic) bond motifs is 1. The van der Waals surface area contributed by atoms with Gasteiger partial charge >= 0.3 is 12.1 Å². The van der Waals surface area contributed by atoms with Crippen LogP contribution in [-0.4, -0.2) is 48.6 Å². The summed E-state index contributed by atoms with van der Waals surface area (Å²) in [5.74, 6) is -1.24. The number of hydrogen-bond acceptors (Lipinski definition) is 10. The van der Waals surface area contributed by atoms with Crippen LogP contribution in [0.3, 0.4) is 0 Å². The van der Waals surface area contributed by atoms with Gasteiger partial charge in [-0.2, -0.15) is 0 Å². The number of hydrogen-bond donors (Lipinski definition) is 3. The number of esters is 1. The van der Waals surface area contributed by atoms with Crippen molar-refractivity contribution in [1.29, 1.82) is 0 Å². The first kappa shape index (κ1) is 25.2. The SMILES string of the molecule is COc1cc(-c2cc(=O)c3c(O)cc(O)cc3o2)cc(OC)c1OC(=O)NCC(=O)OC(C)(C)C. The van der Waals surface area contributed by atoms with Gasteiger partial charge in [0.05, 0.1) is 14.2 Å². The molecule has 0 atom stereocenters. The first-order valence-electron chi connectivity index (χ1n) is 10.4. The molecule has 2 aromatic carbocycles. The second kappa shape index (κ2) is 9.84. The van der Waals surface area contributed by atoms with Crippen LogP contribution in [-0.2, 0) is 9.53 Å². The van der Waals surface area contributed by atoms with Gasteiger partial charge in [-0.05, 0) is 32.9 Å². The van der Waals surface area contributed by atoms with E-state index >= 15 is 0 Å². The van der Waals surface area contributed by atoms with E-state index in [1.165, 1.54) is 32.4 Å². The Bertz CT molecular complexity index is 1310. The van der Waals surface area contributed by atoms with Crippen LogP contribution in [0.25, 0.3) is 22.3 Å². The number of rotatable bonds is 6. The Kier molecular flexibility index (Phi) is 7.09. The standard InChI is InChI=1S/C24H25NO10/c1-24(2,3)35-20(29)11-25-23(30)34-22-18(31-4)6-12(7-19(22)32-5)16-10-15(28)21-14(27)8-13(26)9-17(21)33-16/h6-10,26-27H,11H2,1-5H3,(H,25,30). The maximum Gasteiger partial charge on any atom is 0.413 e. The van der Waals surface area contributed by atoms with Gasteiger partial charge in [-0.3, -0.25) is 9.59 Å². The van der Waals surface area contributed by atoms with Crippen molar-refractivity contribution in [2.45, 2.75) is 26.4 Å².